The van der Waals surface area contributed by atoms with Crippen LogP contribution in [0.5, 0.6) is 0 Å². The molecule has 5 rings (SSSR count). The Labute approximate surface area is 188 Å². The molecular weight excluding hydrogens is 432 g/mol. The van der Waals surface area contributed by atoms with Gasteiger partial charge in [0, 0.05) is 37.2 Å². The molecule has 1 aromatic heterocycles. The number of carbonyl (C=O) groups is 2. The van der Waals surface area contributed by atoms with Crippen molar-refractivity contribution >= 4 is 11.8 Å². The zero-order valence-electron chi connectivity index (χ0n) is 17.5. The van der Waals surface area contributed by atoms with E-state index in [1.807, 2.05) is 4.90 Å². The van der Waals surface area contributed by atoms with Gasteiger partial charge in [-0.15, -0.1) is 10.2 Å². The number of benzene rings is 2. The highest BCUT2D eigenvalue weighted by Crippen LogP contribution is 2.27. The van der Waals surface area contributed by atoms with Crippen LogP contribution < -0.4 is 10.6 Å². The van der Waals surface area contributed by atoms with Gasteiger partial charge in [0.2, 0.25) is 11.8 Å². The summed E-state index contributed by atoms with van der Waals surface area (Å²) in [5.41, 5.74) is 0.458. The quantitative estimate of drug-likeness (QED) is 0.613. The van der Waals surface area contributed by atoms with Crippen LogP contribution in [0.4, 0.5) is 8.78 Å². The van der Waals surface area contributed by atoms with Crippen molar-refractivity contribution in [2.45, 2.75) is 31.0 Å². The lowest BCUT2D eigenvalue weighted by Gasteiger charge is -2.36. The summed E-state index contributed by atoms with van der Waals surface area (Å²) in [7, 11) is 0. The molecule has 170 valence electrons. The summed E-state index contributed by atoms with van der Waals surface area (Å²) in [5, 5.41) is 13.8. The summed E-state index contributed by atoms with van der Waals surface area (Å²) >= 11 is 0. The Hall–Kier alpha value is -3.66. The largest absolute Gasteiger partial charge is 0.421 e. The molecular formula is C23H21F2N5O3. The number of nitrogens with one attached hydrogen (secondary N) is 2. The Morgan fingerprint density at radius 2 is 2.03 bits per heavy atom. The van der Waals surface area contributed by atoms with Crippen LogP contribution in [0, 0.1) is 11.6 Å². The number of carbonyl (C=O) groups excluding carboxylic acids is 2. The summed E-state index contributed by atoms with van der Waals surface area (Å²) in [4.78, 5) is 27.0. The normalized spacial score (nSPS) is 22.6. The predicted octanol–water partition coefficient (Wildman–Crippen LogP) is 1.93. The van der Waals surface area contributed by atoms with Gasteiger partial charge in [-0.05, 0) is 36.8 Å². The number of amides is 2. The van der Waals surface area contributed by atoms with E-state index >= 15 is 0 Å². The fourth-order valence-corrected chi connectivity index (χ4v) is 4.45. The molecule has 3 heterocycles. The number of hydrogen-bond acceptors (Lipinski definition) is 6. The van der Waals surface area contributed by atoms with Crippen molar-refractivity contribution in [3.63, 3.8) is 0 Å². The third kappa shape index (κ3) is 4.34. The number of hydrogen-bond donors (Lipinski definition) is 2. The Balaban J connectivity index is 1.27. The van der Waals surface area contributed by atoms with Gasteiger partial charge in [-0.3, -0.25) is 14.5 Å². The first-order chi connectivity index (χ1) is 16.0. The SMILES string of the molecule is O=C(N[C@H]1C[C@H]2C(=O)NC[C@@H](Cc3nnc(-c4ccccc4F)o3)N2C1)c1cccc(F)c1. The first-order valence-electron chi connectivity index (χ1n) is 10.6. The van der Waals surface area contributed by atoms with E-state index in [2.05, 4.69) is 20.8 Å². The Bertz CT molecular complexity index is 1200. The number of nitrogens with zero attached hydrogens (tertiary/aromatic N) is 3. The first kappa shape index (κ1) is 21.2. The zero-order valence-corrected chi connectivity index (χ0v) is 17.5. The number of rotatable bonds is 5. The average Bonchev–Trinajstić information content (AvgIpc) is 3.44. The van der Waals surface area contributed by atoms with E-state index in [0.29, 0.717) is 31.8 Å². The Morgan fingerprint density at radius 1 is 1.18 bits per heavy atom. The molecule has 2 aromatic carbocycles. The second-order valence-corrected chi connectivity index (χ2v) is 8.21. The molecule has 10 heteroatoms. The van der Waals surface area contributed by atoms with Gasteiger partial charge in [0.15, 0.2) is 0 Å². The van der Waals surface area contributed by atoms with Crippen LogP contribution in [0.3, 0.4) is 0 Å². The van der Waals surface area contributed by atoms with E-state index in [1.54, 1.807) is 24.3 Å². The maximum Gasteiger partial charge on any atom is 0.251 e. The maximum atomic E-state index is 14.0. The minimum Gasteiger partial charge on any atom is -0.421 e. The van der Waals surface area contributed by atoms with Crippen LogP contribution in [0.15, 0.2) is 52.9 Å². The molecule has 0 aliphatic carbocycles. The molecule has 2 aliphatic rings. The standard InChI is InChI=1S/C23H21F2N5O3/c24-14-5-3-4-13(8-14)21(31)27-15-9-19-22(32)26-11-16(30(19)12-15)10-20-28-29-23(33-20)17-6-1-2-7-18(17)25/h1-8,15-16,19H,9-12H2,(H,26,32)(H,27,31)/t15-,16+,19-/m0/s1. The van der Waals surface area contributed by atoms with Crippen LogP contribution >= 0.6 is 0 Å². The summed E-state index contributed by atoms with van der Waals surface area (Å²) in [6.45, 7) is 0.843. The highest BCUT2D eigenvalue weighted by atomic mass is 19.1. The van der Waals surface area contributed by atoms with E-state index in [9.17, 15) is 18.4 Å². The topological polar surface area (TPSA) is 100 Å². The summed E-state index contributed by atoms with van der Waals surface area (Å²) < 4.78 is 33.1. The van der Waals surface area contributed by atoms with Gasteiger partial charge >= 0.3 is 0 Å². The molecule has 2 amide bonds. The molecule has 0 spiro atoms. The monoisotopic (exact) mass is 453 g/mol. The van der Waals surface area contributed by atoms with Crippen LogP contribution in [-0.2, 0) is 11.2 Å². The van der Waals surface area contributed by atoms with Crippen molar-refractivity contribution in [3.05, 3.63) is 71.6 Å². The molecule has 2 aliphatic heterocycles. The van der Waals surface area contributed by atoms with Crippen molar-refractivity contribution < 1.29 is 22.8 Å². The molecule has 2 N–H and O–H groups in total. The molecule has 3 aromatic rings. The summed E-state index contributed by atoms with van der Waals surface area (Å²) in [6.07, 6.45) is 0.802. The van der Waals surface area contributed by atoms with Gasteiger partial charge in [0.1, 0.15) is 11.6 Å². The lowest BCUT2D eigenvalue weighted by Crippen LogP contribution is -2.58. The Kier molecular flexibility index (Phi) is 5.59. The minimum absolute atomic E-state index is 0.0983. The molecule has 0 unspecified atom stereocenters. The molecule has 2 fully saturated rings. The van der Waals surface area contributed by atoms with Gasteiger partial charge in [0.25, 0.3) is 11.8 Å². The number of piperazine rings is 1. The molecule has 33 heavy (non-hydrogen) atoms. The summed E-state index contributed by atoms with van der Waals surface area (Å²) in [5.74, 6) is -0.995. The number of aromatic nitrogens is 2. The van der Waals surface area contributed by atoms with E-state index in [1.165, 1.54) is 24.3 Å². The van der Waals surface area contributed by atoms with E-state index < -0.39 is 17.7 Å². The molecule has 2 saturated heterocycles. The number of fused-ring (bicyclic) bond motifs is 1. The van der Waals surface area contributed by atoms with Gasteiger partial charge in [0.05, 0.1) is 11.6 Å². The first-order valence-corrected chi connectivity index (χ1v) is 10.6. The van der Waals surface area contributed by atoms with Gasteiger partial charge in [-0.1, -0.05) is 18.2 Å². The van der Waals surface area contributed by atoms with Crippen LogP contribution in [0.25, 0.3) is 11.5 Å². The predicted molar refractivity (Wildman–Crippen MR) is 113 cm³/mol. The fourth-order valence-electron chi connectivity index (χ4n) is 4.45. The lowest BCUT2D eigenvalue weighted by atomic mass is 10.1. The third-order valence-corrected chi connectivity index (χ3v) is 6.03. The lowest BCUT2D eigenvalue weighted by molar-refractivity contribution is -0.129. The van der Waals surface area contributed by atoms with Gasteiger partial charge in [-0.25, -0.2) is 8.78 Å². The van der Waals surface area contributed by atoms with Gasteiger partial charge < -0.3 is 15.1 Å². The second-order valence-electron chi connectivity index (χ2n) is 8.21. The fraction of sp³-hybridized carbons (Fsp3) is 0.304. The van der Waals surface area contributed by atoms with Gasteiger partial charge in [-0.2, -0.15) is 0 Å². The van der Waals surface area contributed by atoms with Crippen molar-refractivity contribution in [2.75, 3.05) is 13.1 Å². The molecule has 0 bridgehead atoms. The smallest absolute Gasteiger partial charge is 0.251 e. The molecule has 8 nitrogen and oxygen atoms in total. The highest BCUT2D eigenvalue weighted by Gasteiger charge is 2.44. The average molecular weight is 453 g/mol. The summed E-state index contributed by atoms with van der Waals surface area (Å²) in [6, 6.07) is 10.8. The highest BCUT2D eigenvalue weighted by molar-refractivity contribution is 5.94. The van der Waals surface area contributed by atoms with Crippen LogP contribution in [0.1, 0.15) is 22.7 Å². The van der Waals surface area contributed by atoms with E-state index in [0.717, 1.165) is 0 Å². The van der Waals surface area contributed by atoms with E-state index in [4.69, 9.17) is 4.42 Å². The minimum atomic E-state index is -0.486. The van der Waals surface area contributed by atoms with Crippen LogP contribution in [0.2, 0.25) is 0 Å². The zero-order chi connectivity index (χ0) is 22.9. The Morgan fingerprint density at radius 3 is 2.85 bits per heavy atom. The van der Waals surface area contributed by atoms with Crippen molar-refractivity contribution in [1.29, 1.82) is 0 Å². The molecule has 0 radical (unpaired) electrons. The maximum absolute atomic E-state index is 14.0. The van der Waals surface area contributed by atoms with Crippen LogP contribution in [-0.4, -0.2) is 58.1 Å². The van der Waals surface area contributed by atoms with E-state index in [-0.39, 0.29) is 40.9 Å². The third-order valence-electron chi connectivity index (χ3n) is 6.03. The van der Waals surface area contributed by atoms with Crippen molar-refractivity contribution in [1.82, 2.24) is 25.7 Å². The molecule has 0 saturated carbocycles. The number of halogens is 2. The second kappa shape index (κ2) is 8.70. The van der Waals surface area contributed by atoms with Crippen molar-refractivity contribution in [2.24, 2.45) is 0 Å². The molecule has 3 atom stereocenters. The van der Waals surface area contributed by atoms with Crippen molar-refractivity contribution in [3.8, 4) is 11.5 Å².